The molecule has 3 nitrogen and oxygen atoms in total. The third-order valence-corrected chi connectivity index (χ3v) is 3.87. The van der Waals surface area contributed by atoms with Crippen LogP contribution in [0.3, 0.4) is 0 Å². The largest absolute Gasteiger partial charge is 0.336 e. The predicted molar refractivity (Wildman–Crippen MR) is 71.6 cm³/mol. The number of amides is 1. The fourth-order valence-electron chi connectivity index (χ4n) is 1.93. The highest BCUT2D eigenvalue weighted by atomic mass is 32.2. The van der Waals surface area contributed by atoms with Crippen LogP contribution in [-0.4, -0.2) is 55.2 Å². The van der Waals surface area contributed by atoms with Crippen molar-refractivity contribution in [2.75, 3.05) is 39.5 Å². The average Bonchev–Trinajstić information content (AvgIpc) is 2.39. The van der Waals surface area contributed by atoms with Gasteiger partial charge in [-0.15, -0.1) is 11.8 Å². The summed E-state index contributed by atoms with van der Waals surface area (Å²) < 4.78 is 0. The molecule has 4 heteroatoms. The number of hydrogen-bond acceptors (Lipinski definition) is 3. The second-order valence-corrected chi connectivity index (χ2v) is 5.20. The van der Waals surface area contributed by atoms with E-state index in [1.165, 1.54) is 4.90 Å². The van der Waals surface area contributed by atoms with Gasteiger partial charge in [0.05, 0.1) is 0 Å². The SMILES string of the molecule is CSc1ccc(C(=O)N2CCN(C)CC2)cc1. The van der Waals surface area contributed by atoms with Gasteiger partial charge in [-0.05, 0) is 37.6 Å². The first-order valence-corrected chi connectivity index (χ1v) is 7.05. The van der Waals surface area contributed by atoms with Crippen LogP contribution < -0.4 is 0 Å². The Balaban J connectivity index is 2.03. The summed E-state index contributed by atoms with van der Waals surface area (Å²) in [6, 6.07) is 7.86. The Morgan fingerprint density at radius 1 is 1.12 bits per heavy atom. The molecule has 0 aliphatic carbocycles. The first kappa shape index (κ1) is 12.5. The fourth-order valence-corrected chi connectivity index (χ4v) is 2.33. The average molecular weight is 250 g/mol. The topological polar surface area (TPSA) is 23.6 Å². The fraction of sp³-hybridized carbons (Fsp3) is 0.462. The number of likely N-dealkylation sites (N-methyl/N-ethyl adjacent to an activating group) is 1. The van der Waals surface area contributed by atoms with Crippen LogP contribution in [0.15, 0.2) is 29.2 Å². The van der Waals surface area contributed by atoms with E-state index in [4.69, 9.17) is 0 Å². The molecular weight excluding hydrogens is 232 g/mol. The van der Waals surface area contributed by atoms with Gasteiger partial charge < -0.3 is 9.80 Å². The van der Waals surface area contributed by atoms with E-state index in [0.717, 1.165) is 31.7 Å². The molecular formula is C13H18N2OS. The zero-order chi connectivity index (χ0) is 12.3. The first-order valence-electron chi connectivity index (χ1n) is 5.82. The number of benzene rings is 1. The van der Waals surface area contributed by atoms with E-state index in [0.29, 0.717) is 0 Å². The molecule has 0 saturated carbocycles. The Bertz CT molecular complexity index is 383. The third-order valence-electron chi connectivity index (χ3n) is 3.13. The van der Waals surface area contributed by atoms with Crippen LogP contribution in [0.25, 0.3) is 0 Å². The molecule has 1 fully saturated rings. The van der Waals surface area contributed by atoms with E-state index in [9.17, 15) is 4.79 Å². The van der Waals surface area contributed by atoms with E-state index in [2.05, 4.69) is 11.9 Å². The predicted octanol–water partition coefficient (Wildman–Crippen LogP) is 1.80. The molecule has 0 atom stereocenters. The van der Waals surface area contributed by atoms with Crippen LogP contribution in [-0.2, 0) is 0 Å². The van der Waals surface area contributed by atoms with Crippen molar-refractivity contribution in [1.29, 1.82) is 0 Å². The monoisotopic (exact) mass is 250 g/mol. The van der Waals surface area contributed by atoms with Gasteiger partial charge in [0.25, 0.3) is 5.91 Å². The third kappa shape index (κ3) is 3.01. The van der Waals surface area contributed by atoms with Crippen LogP contribution >= 0.6 is 11.8 Å². The van der Waals surface area contributed by atoms with Crippen LogP contribution in [0.5, 0.6) is 0 Å². The molecule has 1 aromatic carbocycles. The van der Waals surface area contributed by atoms with Gasteiger partial charge in [0.15, 0.2) is 0 Å². The lowest BCUT2D eigenvalue weighted by atomic mass is 10.2. The van der Waals surface area contributed by atoms with Gasteiger partial charge in [0.2, 0.25) is 0 Å². The number of carbonyl (C=O) groups is 1. The lowest BCUT2D eigenvalue weighted by Crippen LogP contribution is -2.47. The molecule has 1 aromatic rings. The van der Waals surface area contributed by atoms with Crippen LogP contribution in [0.1, 0.15) is 10.4 Å². The van der Waals surface area contributed by atoms with Crippen molar-refractivity contribution in [1.82, 2.24) is 9.80 Å². The molecule has 0 radical (unpaired) electrons. The molecule has 92 valence electrons. The van der Waals surface area contributed by atoms with Crippen molar-refractivity contribution in [2.24, 2.45) is 0 Å². The minimum absolute atomic E-state index is 0.158. The number of piperazine rings is 1. The van der Waals surface area contributed by atoms with Gasteiger partial charge in [-0.25, -0.2) is 0 Å². The molecule has 1 aliphatic rings. The quantitative estimate of drug-likeness (QED) is 0.748. The molecule has 1 aliphatic heterocycles. The lowest BCUT2D eigenvalue weighted by molar-refractivity contribution is 0.0664. The van der Waals surface area contributed by atoms with Crippen molar-refractivity contribution < 1.29 is 4.79 Å². The maximum Gasteiger partial charge on any atom is 0.253 e. The molecule has 1 heterocycles. The molecule has 1 saturated heterocycles. The molecule has 0 unspecified atom stereocenters. The van der Waals surface area contributed by atoms with Crippen molar-refractivity contribution >= 4 is 17.7 Å². The zero-order valence-electron chi connectivity index (χ0n) is 10.3. The van der Waals surface area contributed by atoms with Crippen molar-refractivity contribution in [3.05, 3.63) is 29.8 Å². The van der Waals surface area contributed by atoms with Gasteiger partial charge in [0.1, 0.15) is 0 Å². The summed E-state index contributed by atoms with van der Waals surface area (Å²) in [5.41, 5.74) is 0.798. The number of nitrogens with zero attached hydrogens (tertiary/aromatic N) is 2. The molecule has 0 bridgehead atoms. The summed E-state index contributed by atoms with van der Waals surface area (Å²) in [6.45, 7) is 3.60. The maximum atomic E-state index is 12.2. The molecule has 17 heavy (non-hydrogen) atoms. The zero-order valence-corrected chi connectivity index (χ0v) is 11.2. The highest BCUT2D eigenvalue weighted by Crippen LogP contribution is 2.16. The minimum Gasteiger partial charge on any atom is -0.336 e. The van der Waals surface area contributed by atoms with Crippen molar-refractivity contribution in [3.8, 4) is 0 Å². The van der Waals surface area contributed by atoms with Crippen molar-refractivity contribution in [3.63, 3.8) is 0 Å². The number of hydrogen-bond donors (Lipinski definition) is 0. The molecule has 0 aromatic heterocycles. The second kappa shape index (κ2) is 5.56. The highest BCUT2D eigenvalue weighted by molar-refractivity contribution is 7.98. The van der Waals surface area contributed by atoms with Gasteiger partial charge in [0, 0.05) is 36.6 Å². The summed E-state index contributed by atoms with van der Waals surface area (Å²) in [6.07, 6.45) is 2.04. The van der Waals surface area contributed by atoms with Gasteiger partial charge in [-0.1, -0.05) is 0 Å². The smallest absolute Gasteiger partial charge is 0.253 e. The summed E-state index contributed by atoms with van der Waals surface area (Å²) in [5.74, 6) is 0.158. The molecule has 2 rings (SSSR count). The number of carbonyl (C=O) groups excluding carboxylic acids is 1. The van der Waals surface area contributed by atoms with E-state index in [-0.39, 0.29) is 5.91 Å². The van der Waals surface area contributed by atoms with E-state index in [1.807, 2.05) is 35.4 Å². The van der Waals surface area contributed by atoms with Crippen LogP contribution in [0.2, 0.25) is 0 Å². The Morgan fingerprint density at radius 3 is 2.24 bits per heavy atom. The highest BCUT2D eigenvalue weighted by Gasteiger charge is 2.19. The number of rotatable bonds is 2. The van der Waals surface area contributed by atoms with Gasteiger partial charge in [-0.2, -0.15) is 0 Å². The van der Waals surface area contributed by atoms with Crippen molar-refractivity contribution in [2.45, 2.75) is 4.90 Å². The summed E-state index contributed by atoms with van der Waals surface area (Å²) in [7, 11) is 2.09. The second-order valence-electron chi connectivity index (χ2n) is 4.32. The lowest BCUT2D eigenvalue weighted by Gasteiger charge is -2.32. The van der Waals surface area contributed by atoms with E-state index in [1.54, 1.807) is 11.8 Å². The first-order chi connectivity index (χ1) is 8.20. The molecule has 1 amide bonds. The number of thioether (sulfide) groups is 1. The Hall–Kier alpha value is -1.00. The Morgan fingerprint density at radius 2 is 1.71 bits per heavy atom. The Labute approximate surface area is 107 Å². The summed E-state index contributed by atoms with van der Waals surface area (Å²) in [5, 5.41) is 0. The summed E-state index contributed by atoms with van der Waals surface area (Å²) in [4.78, 5) is 17.6. The summed E-state index contributed by atoms with van der Waals surface area (Å²) >= 11 is 1.69. The standard InChI is InChI=1S/C13H18N2OS/c1-14-7-9-15(10-8-14)13(16)11-3-5-12(17-2)6-4-11/h3-6H,7-10H2,1-2H3. The van der Waals surface area contributed by atoms with E-state index < -0.39 is 0 Å². The Kier molecular flexibility index (Phi) is 4.07. The van der Waals surface area contributed by atoms with Crippen LogP contribution in [0, 0.1) is 0 Å². The van der Waals surface area contributed by atoms with Gasteiger partial charge in [-0.3, -0.25) is 4.79 Å². The van der Waals surface area contributed by atoms with Gasteiger partial charge >= 0.3 is 0 Å². The normalized spacial score (nSPS) is 17.2. The molecule has 0 spiro atoms. The maximum absolute atomic E-state index is 12.2. The molecule has 0 N–H and O–H groups in total. The minimum atomic E-state index is 0.158. The van der Waals surface area contributed by atoms with Crippen LogP contribution in [0.4, 0.5) is 0 Å². The van der Waals surface area contributed by atoms with E-state index >= 15 is 0 Å².